The molecule has 0 bridgehead atoms. The molecule has 1 aromatic rings. The Morgan fingerprint density at radius 3 is 2.93 bits per heavy atom. The Kier molecular flexibility index (Phi) is 9.20. The van der Waals surface area contributed by atoms with Gasteiger partial charge in [0.2, 0.25) is 0 Å². The first kappa shape index (κ1) is 23.1. The van der Waals surface area contributed by atoms with Crippen molar-refractivity contribution in [3.63, 3.8) is 0 Å². The first-order valence-electron chi connectivity index (χ1n) is 10.0. The zero-order valence-corrected chi connectivity index (χ0v) is 19.2. The molecule has 0 spiro atoms. The second-order valence-corrected chi connectivity index (χ2v) is 7.68. The van der Waals surface area contributed by atoms with Crippen LogP contribution >= 0.6 is 24.0 Å². The van der Waals surface area contributed by atoms with Crippen LogP contribution in [-0.2, 0) is 4.74 Å². The molecule has 1 unspecified atom stereocenters. The van der Waals surface area contributed by atoms with Gasteiger partial charge in [0.05, 0.1) is 0 Å². The highest BCUT2D eigenvalue weighted by Gasteiger charge is 2.36. The highest BCUT2D eigenvalue weighted by molar-refractivity contribution is 14.0. The summed E-state index contributed by atoms with van der Waals surface area (Å²) in [5, 5.41) is 6.88. The van der Waals surface area contributed by atoms with Crippen LogP contribution in [-0.4, -0.2) is 56.9 Å². The molecule has 0 radical (unpaired) electrons. The van der Waals surface area contributed by atoms with Gasteiger partial charge >= 0.3 is 0 Å². The molecule has 6 nitrogen and oxygen atoms in total. The van der Waals surface area contributed by atoms with Gasteiger partial charge in [-0.25, -0.2) is 9.37 Å². The smallest absolute Gasteiger partial charge is 0.191 e. The zero-order chi connectivity index (χ0) is 19.1. The maximum Gasteiger partial charge on any atom is 0.191 e. The highest BCUT2D eigenvalue weighted by Crippen LogP contribution is 2.44. The molecule has 2 fully saturated rings. The lowest BCUT2D eigenvalue weighted by atomic mass is 9.67. The van der Waals surface area contributed by atoms with Gasteiger partial charge in [0, 0.05) is 52.1 Å². The molecule has 3 rings (SSSR count). The molecule has 0 amide bonds. The van der Waals surface area contributed by atoms with Gasteiger partial charge in [0.1, 0.15) is 0 Å². The van der Waals surface area contributed by atoms with E-state index in [1.165, 1.54) is 25.3 Å². The number of hydrogen-bond donors (Lipinski definition) is 2. The average Bonchev–Trinajstić information content (AvgIpc) is 3.09. The summed E-state index contributed by atoms with van der Waals surface area (Å²) < 4.78 is 19.3. The fraction of sp³-hybridized carbons (Fsp3) is 0.700. The standard InChI is InChI=1S/C20H32FN5O.HI/c1-3-22-19(24-15-20(8-5-9-20)10-13-27-2)25-16-7-12-26(14-16)18-17(21)6-4-11-23-18;/h4,6,11,16H,3,5,7-10,12-15H2,1-2H3,(H2,22,24,25);1H. The van der Waals surface area contributed by atoms with Gasteiger partial charge in [-0.3, -0.25) is 4.99 Å². The number of rotatable bonds is 8. The number of methoxy groups -OCH3 is 1. The summed E-state index contributed by atoms with van der Waals surface area (Å²) in [6.07, 6.45) is 7.40. The third kappa shape index (κ3) is 5.92. The molecule has 1 saturated carbocycles. The van der Waals surface area contributed by atoms with Crippen molar-refractivity contribution in [2.24, 2.45) is 10.4 Å². The zero-order valence-electron chi connectivity index (χ0n) is 16.9. The Bertz CT molecular complexity index is 641. The van der Waals surface area contributed by atoms with Gasteiger partial charge in [0.15, 0.2) is 17.6 Å². The van der Waals surface area contributed by atoms with E-state index in [9.17, 15) is 4.39 Å². The molecule has 1 aromatic heterocycles. The van der Waals surface area contributed by atoms with E-state index in [0.29, 0.717) is 11.2 Å². The quantitative estimate of drug-likeness (QED) is 0.323. The van der Waals surface area contributed by atoms with Crippen molar-refractivity contribution in [1.82, 2.24) is 15.6 Å². The SMILES string of the molecule is CCNC(=NCC1(CCOC)CCC1)NC1CCN(c2ncccc2F)C1.I. The number of halogens is 2. The largest absolute Gasteiger partial charge is 0.385 e. The second-order valence-electron chi connectivity index (χ2n) is 7.68. The average molecular weight is 505 g/mol. The molecule has 158 valence electrons. The first-order chi connectivity index (χ1) is 13.2. The van der Waals surface area contributed by atoms with Crippen LogP contribution in [0.4, 0.5) is 10.2 Å². The predicted octanol–water partition coefficient (Wildman–Crippen LogP) is 3.18. The second kappa shape index (κ2) is 11.1. The van der Waals surface area contributed by atoms with E-state index < -0.39 is 0 Å². The van der Waals surface area contributed by atoms with Crippen LogP contribution in [0.15, 0.2) is 23.3 Å². The number of anilines is 1. The molecule has 28 heavy (non-hydrogen) atoms. The Balaban J connectivity index is 0.00000280. The van der Waals surface area contributed by atoms with Crippen LogP contribution in [0.3, 0.4) is 0 Å². The lowest BCUT2D eigenvalue weighted by molar-refractivity contribution is 0.0778. The molecular weight excluding hydrogens is 472 g/mol. The minimum absolute atomic E-state index is 0. The molecule has 1 aliphatic heterocycles. The Hall–Kier alpha value is -1.16. The van der Waals surface area contributed by atoms with Crippen molar-refractivity contribution in [3.8, 4) is 0 Å². The number of aromatic nitrogens is 1. The van der Waals surface area contributed by atoms with Crippen molar-refractivity contribution in [1.29, 1.82) is 0 Å². The third-order valence-corrected chi connectivity index (χ3v) is 5.74. The van der Waals surface area contributed by atoms with Crippen molar-refractivity contribution < 1.29 is 9.13 Å². The number of nitrogens with one attached hydrogen (secondary N) is 2. The minimum Gasteiger partial charge on any atom is -0.385 e. The van der Waals surface area contributed by atoms with Crippen molar-refractivity contribution in [3.05, 3.63) is 24.1 Å². The van der Waals surface area contributed by atoms with Crippen LogP contribution in [0.1, 0.15) is 39.0 Å². The third-order valence-electron chi connectivity index (χ3n) is 5.74. The maximum absolute atomic E-state index is 14.0. The predicted molar refractivity (Wildman–Crippen MR) is 122 cm³/mol. The summed E-state index contributed by atoms with van der Waals surface area (Å²) in [5.41, 5.74) is 0.303. The van der Waals surface area contributed by atoms with Crippen LogP contribution < -0.4 is 15.5 Å². The van der Waals surface area contributed by atoms with Gasteiger partial charge in [-0.2, -0.15) is 0 Å². The van der Waals surface area contributed by atoms with E-state index >= 15 is 0 Å². The monoisotopic (exact) mass is 505 g/mol. The molecular formula is C20H33FIN5O. The topological polar surface area (TPSA) is 61.8 Å². The van der Waals surface area contributed by atoms with Crippen LogP contribution in [0.25, 0.3) is 0 Å². The molecule has 2 aliphatic rings. The minimum atomic E-state index is -0.260. The summed E-state index contributed by atoms with van der Waals surface area (Å²) >= 11 is 0. The van der Waals surface area contributed by atoms with E-state index in [0.717, 1.165) is 51.6 Å². The number of pyridine rings is 1. The van der Waals surface area contributed by atoms with Crippen molar-refractivity contribution in [2.45, 2.75) is 45.1 Å². The van der Waals surface area contributed by atoms with Gasteiger partial charge in [0.25, 0.3) is 0 Å². The molecule has 8 heteroatoms. The summed E-state index contributed by atoms with van der Waals surface area (Å²) in [5.74, 6) is 1.04. The van der Waals surface area contributed by atoms with E-state index in [2.05, 4.69) is 22.5 Å². The lowest BCUT2D eigenvalue weighted by Crippen LogP contribution is -2.45. The summed E-state index contributed by atoms with van der Waals surface area (Å²) in [6.45, 7) is 6.05. The molecule has 2 heterocycles. The molecule has 1 aliphatic carbocycles. The summed E-state index contributed by atoms with van der Waals surface area (Å²) in [6, 6.07) is 3.33. The summed E-state index contributed by atoms with van der Waals surface area (Å²) in [4.78, 5) is 11.1. The van der Waals surface area contributed by atoms with Gasteiger partial charge in [-0.1, -0.05) is 6.42 Å². The Morgan fingerprint density at radius 1 is 1.46 bits per heavy atom. The molecule has 1 saturated heterocycles. The summed E-state index contributed by atoms with van der Waals surface area (Å²) in [7, 11) is 1.76. The fourth-order valence-corrected chi connectivity index (χ4v) is 3.92. The fourth-order valence-electron chi connectivity index (χ4n) is 3.92. The van der Waals surface area contributed by atoms with E-state index in [-0.39, 0.29) is 35.8 Å². The molecule has 2 N–H and O–H groups in total. The highest BCUT2D eigenvalue weighted by atomic mass is 127. The number of ether oxygens (including phenoxy) is 1. The van der Waals surface area contributed by atoms with Gasteiger partial charge < -0.3 is 20.3 Å². The van der Waals surface area contributed by atoms with E-state index in [1.807, 2.05) is 4.90 Å². The first-order valence-corrected chi connectivity index (χ1v) is 10.0. The number of guanidine groups is 1. The molecule has 1 atom stereocenters. The van der Waals surface area contributed by atoms with Crippen LogP contribution in [0.2, 0.25) is 0 Å². The van der Waals surface area contributed by atoms with Gasteiger partial charge in [-0.15, -0.1) is 24.0 Å². The Labute approximate surface area is 184 Å². The number of nitrogens with zero attached hydrogens (tertiary/aromatic N) is 3. The van der Waals surface area contributed by atoms with Crippen molar-refractivity contribution in [2.75, 3.05) is 44.8 Å². The normalized spacial score (nSPS) is 21.0. The van der Waals surface area contributed by atoms with E-state index in [1.54, 1.807) is 19.4 Å². The van der Waals surface area contributed by atoms with Crippen LogP contribution in [0, 0.1) is 11.2 Å². The van der Waals surface area contributed by atoms with E-state index in [4.69, 9.17) is 9.73 Å². The maximum atomic E-state index is 14.0. The van der Waals surface area contributed by atoms with Crippen molar-refractivity contribution >= 4 is 35.8 Å². The number of hydrogen-bond acceptors (Lipinski definition) is 4. The lowest BCUT2D eigenvalue weighted by Gasteiger charge is -2.41. The van der Waals surface area contributed by atoms with Gasteiger partial charge in [-0.05, 0) is 50.2 Å². The molecule has 0 aromatic carbocycles. The Morgan fingerprint density at radius 2 is 2.29 bits per heavy atom. The number of aliphatic imine (C=N–C) groups is 1. The van der Waals surface area contributed by atoms with Crippen LogP contribution in [0.5, 0.6) is 0 Å².